The summed E-state index contributed by atoms with van der Waals surface area (Å²) in [6.45, 7) is 2.07. The van der Waals surface area contributed by atoms with Crippen LogP contribution in [0.1, 0.15) is 12.6 Å². The average Bonchev–Trinajstić information content (AvgIpc) is 2.37. The summed E-state index contributed by atoms with van der Waals surface area (Å²) in [5, 5.41) is 8.90. The Bertz CT molecular complexity index is 256. The van der Waals surface area contributed by atoms with Gasteiger partial charge >= 0.3 is 0 Å². The van der Waals surface area contributed by atoms with Gasteiger partial charge in [-0.3, -0.25) is 5.41 Å². The fourth-order valence-corrected chi connectivity index (χ4v) is 2.29. The van der Waals surface area contributed by atoms with Crippen LogP contribution in [0.15, 0.2) is 9.72 Å². The number of thioether (sulfide) groups is 1. The molecule has 0 amide bonds. The molecule has 0 aliphatic heterocycles. The summed E-state index contributed by atoms with van der Waals surface area (Å²) >= 11 is 3.20. The van der Waals surface area contributed by atoms with E-state index in [0.717, 1.165) is 10.1 Å². The highest BCUT2D eigenvalue weighted by molar-refractivity contribution is 8.00. The van der Waals surface area contributed by atoms with Crippen LogP contribution < -0.4 is 5.73 Å². The number of amidine groups is 1. The van der Waals surface area contributed by atoms with Gasteiger partial charge in [-0.1, -0.05) is 18.7 Å². The Kier molecular flexibility index (Phi) is 2.90. The van der Waals surface area contributed by atoms with Gasteiger partial charge in [0.1, 0.15) is 11.5 Å². The summed E-state index contributed by atoms with van der Waals surface area (Å²) in [5.74, 6) is 1.05. The van der Waals surface area contributed by atoms with E-state index in [-0.39, 0.29) is 5.84 Å². The highest BCUT2D eigenvalue weighted by Crippen LogP contribution is 2.21. The molecular weight excluding hydrogens is 178 g/mol. The normalized spacial score (nSPS) is 9.91. The van der Waals surface area contributed by atoms with Crippen LogP contribution in [0.2, 0.25) is 0 Å². The Balaban J connectivity index is 2.73. The van der Waals surface area contributed by atoms with E-state index in [1.165, 1.54) is 11.3 Å². The molecule has 60 valence electrons. The van der Waals surface area contributed by atoms with Crippen molar-refractivity contribution in [3.63, 3.8) is 0 Å². The second kappa shape index (κ2) is 3.73. The molecule has 3 N–H and O–H groups in total. The van der Waals surface area contributed by atoms with E-state index in [4.69, 9.17) is 11.1 Å². The summed E-state index contributed by atoms with van der Waals surface area (Å²) in [7, 11) is 0. The second-order valence-corrected chi connectivity index (χ2v) is 4.21. The lowest BCUT2D eigenvalue weighted by Crippen LogP contribution is -2.10. The Morgan fingerprint density at radius 1 is 1.91 bits per heavy atom. The van der Waals surface area contributed by atoms with E-state index in [0.29, 0.717) is 5.69 Å². The van der Waals surface area contributed by atoms with Crippen LogP contribution in [0.5, 0.6) is 0 Å². The Morgan fingerprint density at radius 3 is 3.09 bits per heavy atom. The van der Waals surface area contributed by atoms with E-state index in [2.05, 4.69) is 11.9 Å². The van der Waals surface area contributed by atoms with Crippen LogP contribution in [0.4, 0.5) is 0 Å². The fourth-order valence-electron chi connectivity index (χ4n) is 0.571. The summed E-state index contributed by atoms with van der Waals surface area (Å²) in [5.41, 5.74) is 5.83. The molecule has 3 nitrogen and oxygen atoms in total. The predicted molar refractivity (Wildman–Crippen MR) is 49.5 cm³/mol. The van der Waals surface area contributed by atoms with Gasteiger partial charge in [-0.05, 0) is 5.75 Å². The Hall–Kier alpha value is -0.550. The summed E-state index contributed by atoms with van der Waals surface area (Å²) in [4.78, 5) is 4.13. The van der Waals surface area contributed by atoms with Crippen molar-refractivity contribution >= 4 is 28.9 Å². The number of hydrogen-bond donors (Lipinski definition) is 2. The highest BCUT2D eigenvalue weighted by atomic mass is 32.2. The number of nitrogen functional groups attached to an aromatic ring is 1. The third-order valence-electron chi connectivity index (χ3n) is 1.03. The topological polar surface area (TPSA) is 62.8 Å². The smallest absolute Gasteiger partial charge is 0.150 e. The zero-order valence-corrected chi connectivity index (χ0v) is 7.76. The van der Waals surface area contributed by atoms with Crippen molar-refractivity contribution in [2.45, 2.75) is 11.3 Å². The van der Waals surface area contributed by atoms with Crippen LogP contribution in [0.3, 0.4) is 0 Å². The molecule has 0 aromatic carbocycles. The minimum atomic E-state index is 0.0456. The van der Waals surface area contributed by atoms with Gasteiger partial charge in [0.05, 0.1) is 0 Å². The van der Waals surface area contributed by atoms with Gasteiger partial charge in [0, 0.05) is 5.38 Å². The highest BCUT2D eigenvalue weighted by Gasteiger charge is 2.02. The third kappa shape index (κ3) is 2.20. The summed E-state index contributed by atoms with van der Waals surface area (Å²) < 4.78 is 0.984. The first-order valence-corrected chi connectivity index (χ1v) is 5.03. The minimum absolute atomic E-state index is 0.0456. The first-order chi connectivity index (χ1) is 5.24. The van der Waals surface area contributed by atoms with Crippen molar-refractivity contribution in [3.05, 3.63) is 11.1 Å². The minimum Gasteiger partial charge on any atom is -0.382 e. The molecule has 0 saturated heterocycles. The molecule has 1 aromatic heterocycles. The number of nitrogens with zero attached hydrogens (tertiary/aromatic N) is 1. The number of aromatic nitrogens is 1. The quantitative estimate of drug-likeness (QED) is 0.428. The average molecular weight is 187 g/mol. The van der Waals surface area contributed by atoms with Crippen molar-refractivity contribution in [2.24, 2.45) is 5.73 Å². The van der Waals surface area contributed by atoms with E-state index >= 15 is 0 Å². The van der Waals surface area contributed by atoms with Gasteiger partial charge in [-0.2, -0.15) is 0 Å². The zero-order valence-electron chi connectivity index (χ0n) is 6.13. The molecule has 0 unspecified atom stereocenters. The predicted octanol–water partition coefficient (Wildman–Crippen LogP) is 1.54. The molecule has 1 rings (SSSR count). The van der Waals surface area contributed by atoms with Crippen molar-refractivity contribution < 1.29 is 0 Å². The second-order valence-electron chi connectivity index (χ2n) is 1.85. The molecular formula is C6H9N3S2. The maximum atomic E-state index is 7.09. The van der Waals surface area contributed by atoms with Gasteiger partial charge in [-0.15, -0.1) is 11.3 Å². The molecule has 0 radical (unpaired) electrons. The van der Waals surface area contributed by atoms with Crippen LogP contribution in [0, 0.1) is 5.41 Å². The molecule has 1 aromatic rings. The molecule has 0 bridgehead atoms. The van der Waals surface area contributed by atoms with E-state index in [1.807, 2.05) is 0 Å². The molecule has 0 atom stereocenters. The number of nitrogens with two attached hydrogens (primary N) is 1. The summed E-state index contributed by atoms with van der Waals surface area (Å²) in [6, 6.07) is 0. The van der Waals surface area contributed by atoms with Gasteiger partial charge in [0.2, 0.25) is 0 Å². The third-order valence-corrected chi connectivity index (χ3v) is 2.93. The zero-order chi connectivity index (χ0) is 8.27. The number of thiazole rings is 1. The van der Waals surface area contributed by atoms with Gasteiger partial charge in [-0.25, -0.2) is 4.98 Å². The van der Waals surface area contributed by atoms with Crippen LogP contribution in [0.25, 0.3) is 0 Å². The molecule has 1 heterocycles. The molecule has 0 spiro atoms. The number of nitrogens with one attached hydrogen (secondary N) is 1. The fraction of sp³-hybridized carbons (Fsp3) is 0.333. The Labute approximate surface area is 73.5 Å². The molecule has 0 aliphatic carbocycles. The lowest BCUT2D eigenvalue weighted by molar-refractivity contribution is 1.20. The summed E-state index contributed by atoms with van der Waals surface area (Å²) in [6.07, 6.45) is 0. The lowest BCUT2D eigenvalue weighted by Gasteiger charge is -1.88. The van der Waals surface area contributed by atoms with E-state index < -0.39 is 0 Å². The van der Waals surface area contributed by atoms with E-state index in [1.54, 1.807) is 17.1 Å². The first kappa shape index (κ1) is 8.55. The number of rotatable bonds is 3. The van der Waals surface area contributed by atoms with Crippen LogP contribution in [-0.2, 0) is 0 Å². The van der Waals surface area contributed by atoms with Crippen molar-refractivity contribution in [3.8, 4) is 0 Å². The standard InChI is InChI=1S/C6H9N3S2/c1-2-10-6-9-4(3-11-6)5(7)8/h3H,2H2,1H3,(H3,7,8). The van der Waals surface area contributed by atoms with Crippen molar-refractivity contribution in [2.75, 3.05) is 5.75 Å². The van der Waals surface area contributed by atoms with E-state index in [9.17, 15) is 0 Å². The molecule has 11 heavy (non-hydrogen) atoms. The molecule has 0 aliphatic rings. The molecule has 0 fully saturated rings. The van der Waals surface area contributed by atoms with Gasteiger partial charge in [0.25, 0.3) is 0 Å². The Morgan fingerprint density at radius 2 is 2.64 bits per heavy atom. The maximum absolute atomic E-state index is 7.09. The maximum Gasteiger partial charge on any atom is 0.150 e. The van der Waals surface area contributed by atoms with Crippen LogP contribution >= 0.6 is 23.1 Å². The van der Waals surface area contributed by atoms with Crippen molar-refractivity contribution in [1.29, 1.82) is 5.41 Å². The molecule has 0 saturated carbocycles. The number of hydrogen-bond acceptors (Lipinski definition) is 4. The largest absolute Gasteiger partial charge is 0.382 e. The van der Waals surface area contributed by atoms with Gasteiger partial charge < -0.3 is 5.73 Å². The van der Waals surface area contributed by atoms with Gasteiger partial charge in [0.15, 0.2) is 4.34 Å². The first-order valence-electron chi connectivity index (χ1n) is 3.16. The lowest BCUT2D eigenvalue weighted by atomic mass is 10.5. The van der Waals surface area contributed by atoms with Crippen molar-refractivity contribution in [1.82, 2.24) is 4.98 Å². The monoisotopic (exact) mass is 187 g/mol. The van der Waals surface area contributed by atoms with Crippen LogP contribution in [-0.4, -0.2) is 16.6 Å². The SMILES string of the molecule is CCSc1nc(C(=N)N)cs1. The molecule has 5 heteroatoms.